The third-order valence-corrected chi connectivity index (χ3v) is 3.36. The van der Waals surface area contributed by atoms with Crippen molar-refractivity contribution < 1.29 is 4.79 Å². The van der Waals surface area contributed by atoms with Crippen LogP contribution in [-0.4, -0.2) is 10.9 Å². The van der Waals surface area contributed by atoms with Gasteiger partial charge in [0.2, 0.25) is 0 Å². The van der Waals surface area contributed by atoms with Crippen LogP contribution in [0.15, 0.2) is 54.6 Å². The normalized spacial score (nSPS) is 10.2. The Morgan fingerprint density at radius 1 is 1.14 bits per heavy atom. The lowest BCUT2D eigenvalue weighted by molar-refractivity contribution is 0.102. The largest absolute Gasteiger partial charge is 0.322 e. The highest BCUT2D eigenvalue weighted by Gasteiger charge is 2.12. The van der Waals surface area contributed by atoms with Gasteiger partial charge in [-0.05, 0) is 43.3 Å². The number of para-hydroxylation sites is 1. The molecule has 1 heterocycles. The smallest absolute Gasteiger partial charge is 0.256 e. The number of aryl methyl sites for hydroxylation is 1. The minimum Gasteiger partial charge on any atom is -0.322 e. The number of hydrogen-bond donors (Lipinski definition) is 1. The van der Waals surface area contributed by atoms with Crippen LogP contribution < -0.4 is 5.32 Å². The molecular formula is C18H13N3O. The highest BCUT2D eigenvalue weighted by molar-refractivity contribution is 6.12. The molecule has 2 aromatic carbocycles. The fourth-order valence-electron chi connectivity index (χ4n) is 2.32. The van der Waals surface area contributed by atoms with Gasteiger partial charge < -0.3 is 5.32 Å². The summed E-state index contributed by atoms with van der Waals surface area (Å²) in [6, 6.07) is 18.2. The molecule has 22 heavy (non-hydrogen) atoms. The van der Waals surface area contributed by atoms with Crippen LogP contribution in [0.3, 0.4) is 0 Å². The van der Waals surface area contributed by atoms with Crippen LogP contribution in [0.25, 0.3) is 10.9 Å². The third kappa shape index (κ3) is 2.65. The van der Waals surface area contributed by atoms with Gasteiger partial charge in [0.1, 0.15) is 0 Å². The summed E-state index contributed by atoms with van der Waals surface area (Å²) in [4.78, 5) is 17.0. The second-order valence-electron chi connectivity index (χ2n) is 4.97. The fourth-order valence-corrected chi connectivity index (χ4v) is 2.32. The maximum atomic E-state index is 12.5. The minimum absolute atomic E-state index is 0.189. The monoisotopic (exact) mass is 287 g/mol. The minimum atomic E-state index is -0.189. The maximum Gasteiger partial charge on any atom is 0.256 e. The van der Waals surface area contributed by atoms with Crippen molar-refractivity contribution in [1.82, 2.24) is 4.98 Å². The third-order valence-electron chi connectivity index (χ3n) is 3.36. The first-order valence-corrected chi connectivity index (χ1v) is 6.85. The molecule has 3 rings (SSSR count). The van der Waals surface area contributed by atoms with Crippen molar-refractivity contribution in [3.05, 3.63) is 71.4 Å². The van der Waals surface area contributed by atoms with E-state index in [-0.39, 0.29) is 5.91 Å². The van der Waals surface area contributed by atoms with Crippen LogP contribution in [0, 0.1) is 18.3 Å². The van der Waals surface area contributed by atoms with E-state index in [9.17, 15) is 4.79 Å². The molecule has 0 aliphatic rings. The van der Waals surface area contributed by atoms with Gasteiger partial charge in [0.25, 0.3) is 5.91 Å². The van der Waals surface area contributed by atoms with Crippen LogP contribution in [0.4, 0.5) is 5.69 Å². The number of hydrogen-bond acceptors (Lipinski definition) is 3. The van der Waals surface area contributed by atoms with Crippen LogP contribution >= 0.6 is 0 Å². The molecule has 1 amide bonds. The van der Waals surface area contributed by atoms with Gasteiger partial charge >= 0.3 is 0 Å². The molecule has 0 fully saturated rings. The number of carbonyl (C=O) groups is 1. The number of nitrogens with zero attached hydrogens (tertiary/aromatic N) is 2. The van der Waals surface area contributed by atoms with E-state index in [1.165, 1.54) is 0 Å². The number of amides is 1. The van der Waals surface area contributed by atoms with Gasteiger partial charge in [-0.1, -0.05) is 18.2 Å². The maximum absolute atomic E-state index is 12.5. The van der Waals surface area contributed by atoms with E-state index in [4.69, 9.17) is 5.26 Å². The van der Waals surface area contributed by atoms with Crippen LogP contribution in [0.2, 0.25) is 0 Å². The molecule has 0 bridgehead atoms. The Kier molecular flexibility index (Phi) is 3.55. The van der Waals surface area contributed by atoms with Crippen molar-refractivity contribution in [2.45, 2.75) is 6.92 Å². The van der Waals surface area contributed by atoms with E-state index < -0.39 is 0 Å². The summed E-state index contributed by atoms with van der Waals surface area (Å²) in [5.41, 5.74) is 3.40. The van der Waals surface area contributed by atoms with E-state index in [0.717, 1.165) is 16.6 Å². The Morgan fingerprint density at radius 2 is 1.86 bits per heavy atom. The number of anilines is 1. The zero-order valence-corrected chi connectivity index (χ0v) is 12.0. The molecular weight excluding hydrogens is 274 g/mol. The topological polar surface area (TPSA) is 65.8 Å². The molecule has 4 heteroatoms. The quantitative estimate of drug-likeness (QED) is 0.782. The average Bonchev–Trinajstić information content (AvgIpc) is 2.54. The number of carbonyl (C=O) groups excluding carboxylic acids is 1. The Morgan fingerprint density at radius 3 is 2.59 bits per heavy atom. The first-order chi connectivity index (χ1) is 10.7. The first-order valence-electron chi connectivity index (χ1n) is 6.85. The molecule has 0 aliphatic carbocycles. The Hall–Kier alpha value is -3.19. The predicted molar refractivity (Wildman–Crippen MR) is 85.6 cm³/mol. The Balaban J connectivity index is 1.96. The molecule has 1 N–H and O–H groups in total. The first kappa shape index (κ1) is 13.8. The van der Waals surface area contributed by atoms with E-state index >= 15 is 0 Å². The Labute approximate surface area is 128 Å². The lowest BCUT2D eigenvalue weighted by atomic mass is 10.1. The van der Waals surface area contributed by atoms with Gasteiger partial charge in [-0.2, -0.15) is 5.26 Å². The molecule has 4 nitrogen and oxygen atoms in total. The SMILES string of the molecule is Cc1cc(C(=O)Nc2ccc(C#N)cc2)c2ccccc2n1. The standard InChI is InChI=1S/C18H13N3O/c1-12-10-16(15-4-2-3-5-17(15)20-12)18(22)21-14-8-6-13(11-19)7-9-14/h2-10H,1H3,(H,21,22). The summed E-state index contributed by atoms with van der Waals surface area (Å²) in [6.07, 6.45) is 0. The number of nitrogens with one attached hydrogen (secondary N) is 1. The summed E-state index contributed by atoms with van der Waals surface area (Å²) in [6.45, 7) is 1.87. The number of pyridine rings is 1. The van der Waals surface area contributed by atoms with Crippen LogP contribution in [-0.2, 0) is 0 Å². The molecule has 0 atom stereocenters. The van der Waals surface area contributed by atoms with E-state index in [0.29, 0.717) is 16.8 Å². The fraction of sp³-hybridized carbons (Fsp3) is 0.0556. The number of aromatic nitrogens is 1. The van der Waals surface area contributed by atoms with Gasteiger partial charge in [0, 0.05) is 16.8 Å². The zero-order valence-electron chi connectivity index (χ0n) is 12.0. The molecule has 0 unspecified atom stereocenters. The van der Waals surface area contributed by atoms with E-state index in [2.05, 4.69) is 10.3 Å². The highest BCUT2D eigenvalue weighted by Crippen LogP contribution is 2.20. The van der Waals surface area contributed by atoms with Crippen molar-refractivity contribution in [3.8, 4) is 6.07 Å². The summed E-state index contributed by atoms with van der Waals surface area (Å²) in [5, 5.41) is 12.5. The lowest BCUT2D eigenvalue weighted by Gasteiger charge is -2.09. The van der Waals surface area contributed by atoms with Crippen molar-refractivity contribution in [2.24, 2.45) is 0 Å². The second kappa shape index (κ2) is 5.66. The molecule has 0 aliphatic heterocycles. The number of fused-ring (bicyclic) bond motifs is 1. The van der Waals surface area contributed by atoms with Crippen molar-refractivity contribution in [3.63, 3.8) is 0 Å². The molecule has 1 aromatic heterocycles. The van der Waals surface area contributed by atoms with Crippen molar-refractivity contribution >= 4 is 22.5 Å². The Bertz CT molecular complexity index is 892. The van der Waals surface area contributed by atoms with Gasteiger partial charge in [-0.15, -0.1) is 0 Å². The molecule has 0 saturated carbocycles. The summed E-state index contributed by atoms with van der Waals surface area (Å²) in [5.74, 6) is -0.189. The predicted octanol–water partition coefficient (Wildman–Crippen LogP) is 3.67. The van der Waals surface area contributed by atoms with E-state index in [1.807, 2.05) is 37.3 Å². The number of rotatable bonds is 2. The van der Waals surface area contributed by atoms with Crippen molar-refractivity contribution in [1.29, 1.82) is 5.26 Å². The van der Waals surface area contributed by atoms with E-state index in [1.54, 1.807) is 30.3 Å². The molecule has 0 spiro atoms. The second-order valence-corrected chi connectivity index (χ2v) is 4.97. The summed E-state index contributed by atoms with van der Waals surface area (Å²) in [7, 11) is 0. The average molecular weight is 287 g/mol. The number of benzene rings is 2. The molecule has 3 aromatic rings. The molecule has 0 saturated heterocycles. The lowest BCUT2D eigenvalue weighted by Crippen LogP contribution is -2.13. The van der Waals surface area contributed by atoms with Gasteiger partial charge in [-0.3, -0.25) is 9.78 Å². The zero-order chi connectivity index (χ0) is 15.5. The van der Waals surface area contributed by atoms with Gasteiger partial charge in [0.15, 0.2) is 0 Å². The molecule has 106 valence electrons. The molecule has 0 radical (unpaired) electrons. The summed E-state index contributed by atoms with van der Waals surface area (Å²) >= 11 is 0. The van der Waals surface area contributed by atoms with Gasteiger partial charge in [0.05, 0.1) is 22.7 Å². The van der Waals surface area contributed by atoms with Crippen LogP contribution in [0.1, 0.15) is 21.6 Å². The van der Waals surface area contributed by atoms with Crippen LogP contribution in [0.5, 0.6) is 0 Å². The van der Waals surface area contributed by atoms with Crippen molar-refractivity contribution in [2.75, 3.05) is 5.32 Å². The highest BCUT2D eigenvalue weighted by atomic mass is 16.1. The van der Waals surface area contributed by atoms with Gasteiger partial charge in [-0.25, -0.2) is 0 Å². The number of nitriles is 1. The summed E-state index contributed by atoms with van der Waals surface area (Å²) < 4.78 is 0.